The van der Waals surface area contributed by atoms with E-state index in [2.05, 4.69) is 105 Å². The third-order valence-corrected chi connectivity index (χ3v) is 12.6. The van der Waals surface area contributed by atoms with Crippen molar-refractivity contribution in [1.29, 1.82) is 0 Å². The smallest absolute Gasteiger partial charge is 0.407 e. The number of likely N-dealkylation sites (tertiary alicyclic amines) is 1. The number of methoxy groups -OCH3 is 2. The molecule has 3 aromatic carbocycles. The van der Waals surface area contributed by atoms with Crippen LogP contribution in [0.3, 0.4) is 0 Å². The molecule has 1 saturated heterocycles. The molecular weight excluding hydrogens is 753 g/mol. The highest BCUT2D eigenvalue weighted by Gasteiger charge is 2.37. The first-order valence-corrected chi connectivity index (χ1v) is 22.8. The summed E-state index contributed by atoms with van der Waals surface area (Å²) in [6, 6.07) is 19.4. The van der Waals surface area contributed by atoms with Crippen molar-refractivity contribution in [1.82, 2.24) is 40.8 Å². The van der Waals surface area contributed by atoms with Gasteiger partial charge in [0.15, 0.2) is 0 Å². The van der Waals surface area contributed by atoms with Gasteiger partial charge in [0.05, 0.1) is 58.5 Å². The molecule has 15 heteroatoms. The molecule has 306 valence electrons. The molecule has 5 N–H and O–H groups in total. The third-order valence-electron chi connectivity index (χ3n) is 10.8. The number of aromatic amines is 2. The average molecular weight is 807 g/mol. The lowest BCUT2D eigenvalue weighted by Crippen LogP contribution is -2.52. The summed E-state index contributed by atoms with van der Waals surface area (Å²) in [4.78, 5) is 68.8. The predicted molar refractivity (Wildman–Crippen MR) is 226 cm³/mol. The number of carbonyl (C=O) groups is 4. The molecule has 14 nitrogen and oxygen atoms in total. The summed E-state index contributed by atoms with van der Waals surface area (Å²) in [5, 5.41) is 10.6. The van der Waals surface area contributed by atoms with Gasteiger partial charge in [0.25, 0.3) is 0 Å². The summed E-state index contributed by atoms with van der Waals surface area (Å²) in [5.74, 6) is 0.767. The summed E-state index contributed by atoms with van der Waals surface area (Å²) in [7, 11) is 1.09. The fraction of sp³-hybridized carbons (Fsp3) is 0.395. The van der Waals surface area contributed by atoms with Crippen molar-refractivity contribution in [2.75, 3.05) is 20.8 Å². The van der Waals surface area contributed by atoms with Crippen LogP contribution in [-0.4, -0.2) is 90.5 Å². The molecule has 0 spiro atoms. The van der Waals surface area contributed by atoms with E-state index in [1.165, 1.54) is 14.2 Å². The SMILES string of the molecule is COC(=O)N[C@H](C(=O)N[C@H](c1ncc(-c2ccc(-c3ccc4cc(-c5cnc([C@@H]6CCCN6C(=O)[C@@H](NC(=O)OC)C(C)C)[nH]5)ccc4c3)cc2)[nH]1)[SiH](C)C)C(C)C. The van der Waals surface area contributed by atoms with Gasteiger partial charge in [0.1, 0.15) is 23.7 Å². The minimum absolute atomic E-state index is 0.106. The largest absolute Gasteiger partial charge is 0.453 e. The topological polar surface area (TPSA) is 183 Å². The van der Waals surface area contributed by atoms with Crippen LogP contribution in [0.2, 0.25) is 13.1 Å². The fourth-order valence-corrected chi connectivity index (χ4v) is 8.74. The van der Waals surface area contributed by atoms with Gasteiger partial charge in [-0.1, -0.05) is 89.3 Å². The molecule has 1 aliphatic rings. The number of hydrogen-bond donors (Lipinski definition) is 5. The van der Waals surface area contributed by atoms with Gasteiger partial charge in [-0.2, -0.15) is 0 Å². The van der Waals surface area contributed by atoms with E-state index in [0.717, 1.165) is 63.1 Å². The van der Waals surface area contributed by atoms with E-state index in [0.29, 0.717) is 12.4 Å². The number of alkyl carbamates (subject to hydrolysis) is 2. The Labute approximate surface area is 340 Å². The number of H-pyrrole nitrogens is 2. The van der Waals surface area contributed by atoms with Crippen LogP contribution in [0.5, 0.6) is 0 Å². The second-order valence-corrected chi connectivity index (χ2v) is 19.0. The lowest BCUT2D eigenvalue weighted by Gasteiger charge is -2.30. The highest BCUT2D eigenvalue weighted by molar-refractivity contribution is 6.57. The van der Waals surface area contributed by atoms with Crippen molar-refractivity contribution in [2.45, 2.75) is 77.4 Å². The number of ether oxygens (including phenoxy) is 2. The standard InChI is InChI=1S/C43H54N8O6Si/c1-24(2)35(48-42(54)56-5)39(52)50-40(58(7)8)38-45-22-32(47-38)27-13-11-26(12-14-27)28-15-16-30-21-31(18-17-29(30)20-28)33-23-44-37(46-33)34-10-9-19-51(34)41(53)36(25(3)4)49-43(55)57-6/h11-18,20-25,34-36,40,58H,9-10,19H2,1-8H3,(H,44,46)(H,45,47)(H,48,54)(H,49,55)(H,50,52)/t34-,35-,36-,40-/m0/s1. The molecule has 2 aromatic heterocycles. The van der Waals surface area contributed by atoms with E-state index < -0.39 is 33.1 Å². The van der Waals surface area contributed by atoms with Crippen LogP contribution in [0.15, 0.2) is 73.1 Å². The second-order valence-electron chi connectivity index (χ2n) is 15.9. The number of nitrogens with zero attached hydrogens (tertiary/aromatic N) is 3. The number of hydrogen-bond acceptors (Lipinski definition) is 8. The van der Waals surface area contributed by atoms with E-state index in [4.69, 9.17) is 14.5 Å². The number of imidazole rings is 2. The quantitative estimate of drug-likeness (QED) is 0.0797. The average Bonchev–Trinajstić information content (AvgIpc) is 4.02. The minimum Gasteiger partial charge on any atom is -0.453 e. The normalized spacial score (nSPS) is 15.7. The zero-order valence-corrected chi connectivity index (χ0v) is 35.5. The summed E-state index contributed by atoms with van der Waals surface area (Å²) in [5.41, 5.74) is 5.57. The molecule has 1 aliphatic heterocycles. The Morgan fingerprint density at radius 1 is 0.724 bits per heavy atom. The van der Waals surface area contributed by atoms with Crippen molar-refractivity contribution >= 4 is 43.6 Å². The molecule has 58 heavy (non-hydrogen) atoms. The second kappa shape index (κ2) is 18.1. The van der Waals surface area contributed by atoms with Gasteiger partial charge >= 0.3 is 12.2 Å². The van der Waals surface area contributed by atoms with Gasteiger partial charge in [-0.05, 0) is 64.3 Å². The Bertz CT molecular complexity index is 2250. The van der Waals surface area contributed by atoms with Crippen LogP contribution in [0.1, 0.15) is 63.9 Å². The number of fused-ring (bicyclic) bond motifs is 1. The summed E-state index contributed by atoms with van der Waals surface area (Å²) >= 11 is 0. The molecule has 3 heterocycles. The van der Waals surface area contributed by atoms with Gasteiger partial charge in [0, 0.05) is 12.1 Å². The lowest BCUT2D eigenvalue weighted by atomic mass is 9.98. The van der Waals surface area contributed by atoms with Crippen LogP contribution < -0.4 is 16.0 Å². The Kier molecular flexibility index (Phi) is 13.0. The summed E-state index contributed by atoms with van der Waals surface area (Å²) in [6.45, 7) is 12.4. The molecule has 0 bridgehead atoms. The van der Waals surface area contributed by atoms with E-state index in [9.17, 15) is 19.2 Å². The van der Waals surface area contributed by atoms with Crippen molar-refractivity contribution in [3.8, 4) is 33.6 Å². The molecule has 1 fully saturated rings. The monoisotopic (exact) mass is 806 g/mol. The lowest BCUT2D eigenvalue weighted by molar-refractivity contribution is -0.135. The first-order chi connectivity index (χ1) is 27.8. The van der Waals surface area contributed by atoms with Crippen molar-refractivity contribution in [3.63, 3.8) is 0 Å². The van der Waals surface area contributed by atoms with Crippen molar-refractivity contribution < 1.29 is 28.7 Å². The Balaban J connectivity index is 1.14. The Morgan fingerprint density at radius 2 is 1.28 bits per heavy atom. The van der Waals surface area contributed by atoms with Gasteiger partial charge in [-0.15, -0.1) is 0 Å². The first-order valence-electron chi connectivity index (χ1n) is 19.8. The Hall–Kier alpha value is -5.96. The molecule has 0 unspecified atom stereocenters. The summed E-state index contributed by atoms with van der Waals surface area (Å²) in [6.07, 6.45) is 3.97. The molecule has 4 amide bonds. The number of aromatic nitrogens is 4. The molecule has 4 atom stereocenters. The fourth-order valence-electron chi connectivity index (χ4n) is 7.44. The predicted octanol–water partition coefficient (Wildman–Crippen LogP) is 6.89. The van der Waals surface area contributed by atoms with E-state index in [1.54, 1.807) is 6.20 Å². The maximum Gasteiger partial charge on any atom is 0.407 e. The zero-order chi connectivity index (χ0) is 41.7. The Morgan fingerprint density at radius 3 is 1.90 bits per heavy atom. The van der Waals surface area contributed by atoms with Crippen molar-refractivity contribution in [2.24, 2.45) is 11.8 Å². The van der Waals surface area contributed by atoms with Gasteiger partial charge < -0.3 is 40.3 Å². The maximum atomic E-state index is 13.6. The zero-order valence-electron chi connectivity index (χ0n) is 34.4. The number of benzene rings is 3. The van der Waals surface area contributed by atoms with Gasteiger partial charge in [0.2, 0.25) is 11.8 Å². The van der Waals surface area contributed by atoms with Crippen LogP contribution in [0.4, 0.5) is 9.59 Å². The first kappa shape index (κ1) is 41.7. The van der Waals surface area contributed by atoms with Gasteiger partial charge in [-0.25, -0.2) is 19.6 Å². The van der Waals surface area contributed by atoms with E-state index >= 15 is 0 Å². The number of rotatable bonds is 13. The molecule has 5 aromatic rings. The van der Waals surface area contributed by atoms with Crippen molar-refractivity contribution in [3.05, 3.63) is 84.7 Å². The number of nitrogens with one attached hydrogen (secondary N) is 5. The van der Waals surface area contributed by atoms with E-state index in [1.807, 2.05) is 38.8 Å². The molecule has 0 aliphatic carbocycles. The van der Waals surface area contributed by atoms with Crippen LogP contribution in [-0.2, 0) is 19.1 Å². The van der Waals surface area contributed by atoms with Crippen LogP contribution >= 0.6 is 0 Å². The van der Waals surface area contributed by atoms with Crippen LogP contribution in [0.25, 0.3) is 44.4 Å². The molecular formula is C43H54N8O6Si. The highest BCUT2D eigenvalue weighted by Crippen LogP contribution is 2.34. The molecule has 6 rings (SSSR count). The maximum absolute atomic E-state index is 13.6. The van der Waals surface area contributed by atoms with Crippen LogP contribution in [0, 0.1) is 11.8 Å². The van der Waals surface area contributed by atoms with Gasteiger partial charge in [-0.3, -0.25) is 9.59 Å². The summed E-state index contributed by atoms with van der Waals surface area (Å²) < 4.78 is 9.49. The number of carbonyl (C=O) groups excluding carboxylic acids is 4. The number of amides is 4. The molecule has 0 saturated carbocycles. The third kappa shape index (κ3) is 9.25. The minimum atomic E-state index is -1.48. The highest BCUT2D eigenvalue weighted by atomic mass is 28.3. The molecule has 0 radical (unpaired) electrons. The van der Waals surface area contributed by atoms with E-state index in [-0.39, 0.29) is 35.4 Å².